The number of amides is 4. The molecule has 4 rings (SSSR count). The largest absolute Gasteiger partial charge is 0.573 e. The maximum absolute atomic E-state index is 12.9. The summed E-state index contributed by atoms with van der Waals surface area (Å²) in [6, 6.07) is 9.50. The van der Waals surface area contributed by atoms with E-state index in [0.29, 0.717) is 12.0 Å². The number of hydrogen-bond donors (Lipinski definition) is 2. The van der Waals surface area contributed by atoms with Crippen LogP contribution in [-0.4, -0.2) is 40.9 Å². The molecule has 1 unspecified atom stereocenters. The van der Waals surface area contributed by atoms with Crippen molar-refractivity contribution in [2.24, 2.45) is 0 Å². The molecule has 34 heavy (non-hydrogen) atoms. The number of hydrogen-bond acceptors (Lipinski definition) is 5. The Kier molecular flexibility index (Phi) is 6.27. The minimum Gasteiger partial charge on any atom is -0.406 e. The number of nitrogens with zero attached hydrogens (tertiary/aromatic N) is 1. The molecule has 2 aromatic rings. The molecule has 0 spiro atoms. The second-order valence-electron chi connectivity index (χ2n) is 8.02. The Labute approximate surface area is 192 Å². The predicted octanol–water partition coefficient (Wildman–Crippen LogP) is 2.92. The topological polar surface area (TPSA) is 105 Å². The minimum atomic E-state index is -4.83. The molecule has 2 aromatic carbocycles. The number of carbonyl (C=O) groups excluding carboxylic acids is 4. The van der Waals surface area contributed by atoms with Gasteiger partial charge in [0.25, 0.3) is 5.91 Å². The van der Waals surface area contributed by atoms with Gasteiger partial charge in [0.05, 0.1) is 0 Å². The number of anilines is 1. The smallest absolute Gasteiger partial charge is 0.406 e. The molecule has 2 aliphatic heterocycles. The molecule has 0 bridgehead atoms. The highest BCUT2D eigenvalue weighted by Crippen LogP contribution is 2.29. The van der Waals surface area contributed by atoms with Gasteiger partial charge in [-0.05, 0) is 42.2 Å². The van der Waals surface area contributed by atoms with Crippen molar-refractivity contribution in [3.8, 4) is 5.75 Å². The SMILES string of the molecule is O=C1CCC(N2Cc3ccc(CCC(=O)Nc4cccc(OC(F)(F)F)c4)cc3C2=O)C(=O)N1. The van der Waals surface area contributed by atoms with E-state index in [0.717, 1.165) is 23.3 Å². The van der Waals surface area contributed by atoms with Crippen LogP contribution < -0.4 is 15.4 Å². The number of fused-ring (bicyclic) bond motifs is 1. The molecule has 178 valence electrons. The fraction of sp³-hybridized carbons (Fsp3) is 0.304. The normalized spacial score (nSPS) is 17.9. The fourth-order valence-corrected chi connectivity index (χ4v) is 4.01. The van der Waals surface area contributed by atoms with E-state index in [9.17, 15) is 32.3 Å². The van der Waals surface area contributed by atoms with Gasteiger partial charge in [-0.25, -0.2) is 0 Å². The second-order valence-corrected chi connectivity index (χ2v) is 8.02. The second kappa shape index (κ2) is 9.16. The van der Waals surface area contributed by atoms with Crippen molar-refractivity contribution in [3.05, 3.63) is 59.2 Å². The summed E-state index contributed by atoms with van der Waals surface area (Å²) in [5.41, 5.74) is 2.08. The van der Waals surface area contributed by atoms with E-state index in [1.165, 1.54) is 17.0 Å². The van der Waals surface area contributed by atoms with Gasteiger partial charge in [0.15, 0.2) is 0 Å². The van der Waals surface area contributed by atoms with Gasteiger partial charge in [0.2, 0.25) is 17.7 Å². The Morgan fingerprint density at radius 2 is 1.94 bits per heavy atom. The monoisotopic (exact) mass is 475 g/mol. The van der Waals surface area contributed by atoms with E-state index in [1.54, 1.807) is 18.2 Å². The number of benzene rings is 2. The van der Waals surface area contributed by atoms with Crippen molar-refractivity contribution in [3.63, 3.8) is 0 Å². The Bertz CT molecular complexity index is 1160. The number of imide groups is 1. The summed E-state index contributed by atoms with van der Waals surface area (Å²) in [7, 11) is 0. The van der Waals surface area contributed by atoms with Gasteiger partial charge < -0.3 is 15.0 Å². The summed E-state index contributed by atoms with van der Waals surface area (Å²) < 4.78 is 40.9. The molecule has 1 fully saturated rings. The highest BCUT2D eigenvalue weighted by Gasteiger charge is 2.39. The van der Waals surface area contributed by atoms with Gasteiger partial charge in [-0.3, -0.25) is 24.5 Å². The van der Waals surface area contributed by atoms with Gasteiger partial charge in [-0.15, -0.1) is 13.2 Å². The molecule has 4 amide bonds. The number of nitrogens with one attached hydrogen (secondary N) is 2. The molecular weight excluding hydrogens is 455 g/mol. The molecule has 0 saturated carbocycles. The zero-order valence-electron chi connectivity index (χ0n) is 17.8. The van der Waals surface area contributed by atoms with E-state index in [-0.39, 0.29) is 43.3 Å². The van der Waals surface area contributed by atoms with Crippen molar-refractivity contribution in [2.45, 2.75) is 44.6 Å². The van der Waals surface area contributed by atoms with E-state index in [4.69, 9.17) is 0 Å². The summed E-state index contributed by atoms with van der Waals surface area (Å²) >= 11 is 0. The molecule has 11 heteroatoms. The first-order chi connectivity index (χ1) is 16.1. The lowest BCUT2D eigenvalue weighted by atomic mass is 10.0. The highest BCUT2D eigenvalue weighted by molar-refractivity contribution is 6.05. The van der Waals surface area contributed by atoms with Crippen molar-refractivity contribution in [2.75, 3.05) is 5.32 Å². The molecule has 8 nitrogen and oxygen atoms in total. The van der Waals surface area contributed by atoms with Crippen LogP contribution in [0.1, 0.15) is 40.7 Å². The van der Waals surface area contributed by atoms with Crippen LogP contribution in [0.4, 0.5) is 18.9 Å². The first-order valence-corrected chi connectivity index (χ1v) is 10.5. The number of carbonyl (C=O) groups is 4. The number of piperidine rings is 1. The summed E-state index contributed by atoms with van der Waals surface area (Å²) in [5.74, 6) is -2.01. The number of halogens is 3. The lowest BCUT2D eigenvalue weighted by molar-refractivity contribution is -0.274. The summed E-state index contributed by atoms with van der Waals surface area (Å²) in [5, 5.41) is 4.78. The molecule has 0 aromatic heterocycles. The Balaban J connectivity index is 1.35. The summed E-state index contributed by atoms with van der Waals surface area (Å²) in [6.07, 6.45) is -4.06. The van der Waals surface area contributed by atoms with Crippen LogP contribution in [0.2, 0.25) is 0 Å². The van der Waals surface area contributed by atoms with E-state index < -0.39 is 30.0 Å². The highest BCUT2D eigenvalue weighted by atomic mass is 19.4. The van der Waals surface area contributed by atoms with Gasteiger partial charge in [-0.1, -0.05) is 18.2 Å². The number of ether oxygens (including phenoxy) is 1. The summed E-state index contributed by atoms with van der Waals surface area (Å²) in [4.78, 5) is 50.1. The number of aryl methyl sites for hydroxylation is 1. The maximum atomic E-state index is 12.9. The molecule has 0 radical (unpaired) electrons. The zero-order valence-corrected chi connectivity index (χ0v) is 17.8. The van der Waals surface area contributed by atoms with Crippen LogP contribution in [0, 0.1) is 0 Å². The van der Waals surface area contributed by atoms with Crippen LogP contribution in [0.25, 0.3) is 0 Å². The van der Waals surface area contributed by atoms with E-state index in [1.807, 2.05) is 0 Å². The molecule has 0 aliphatic carbocycles. The van der Waals surface area contributed by atoms with Gasteiger partial charge in [-0.2, -0.15) is 0 Å². The number of rotatable bonds is 6. The van der Waals surface area contributed by atoms with Crippen molar-refractivity contribution < 1.29 is 37.1 Å². The first-order valence-electron chi connectivity index (χ1n) is 10.5. The van der Waals surface area contributed by atoms with Crippen LogP contribution in [0.15, 0.2) is 42.5 Å². The Morgan fingerprint density at radius 3 is 2.68 bits per heavy atom. The Hall–Kier alpha value is -3.89. The van der Waals surface area contributed by atoms with Crippen LogP contribution in [-0.2, 0) is 27.3 Å². The third-order valence-electron chi connectivity index (χ3n) is 5.58. The average molecular weight is 475 g/mol. The molecule has 2 N–H and O–H groups in total. The molecule has 2 heterocycles. The van der Waals surface area contributed by atoms with Crippen LogP contribution in [0.3, 0.4) is 0 Å². The zero-order chi connectivity index (χ0) is 24.5. The molecule has 2 aliphatic rings. The maximum Gasteiger partial charge on any atom is 0.573 e. The van der Waals surface area contributed by atoms with Crippen molar-refractivity contribution in [1.82, 2.24) is 10.2 Å². The molecule has 1 saturated heterocycles. The third-order valence-corrected chi connectivity index (χ3v) is 5.58. The van der Waals surface area contributed by atoms with Gasteiger partial charge >= 0.3 is 6.36 Å². The fourth-order valence-electron chi connectivity index (χ4n) is 4.01. The van der Waals surface area contributed by atoms with Gasteiger partial charge in [0.1, 0.15) is 11.8 Å². The number of alkyl halides is 3. The third kappa shape index (κ3) is 5.36. The van der Waals surface area contributed by atoms with Crippen molar-refractivity contribution in [1.29, 1.82) is 0 Å². The minimum absolute atomic E-state index is 0.0359. The molecular formula is C23H20F3N3O5. The van der Waals surface area contributed by atoms with E-state index in [2.05, 4.69) is 15.4 Å². The quantitative estimate of drug-likeness (QED) is 0.626. The predicted molar refractivity (Wildman–Crippen MR) is 113 cm³/mol. The summed E-state index contributed by atoms with van der Waals surface area (Å²) in [6.45, 7) is 0.261. The Morgan fingerprint density at radius 1 is 1.15 bits per heavy atom. The van der Waals surface area contributed by atoms with Crippen LogP contribution in [0.5, 0.6) is 5.75 Å². The van der Waals surface area contributed by atoms with Crippen molar-refractivity contribution >= 4 is 29.3 Å². The van der Waals surface area contributed by atoms with E-state index >= 15 is 0 Å². The van der Waals surface area contributed by atoms with Gasteiger partial charge in [0, 0.05) is 36.7 Å². The standard InChI is InChI=1S/C23H20F3N3O5/c24-23(25,26)34-16-3-1-2-15(11-16)27-19(30)8-5-13-4-6-14-12-29(22(33)17(14)10-13)18-7-9-20(31)28-21(18)32/h1-4,6,10-11,18H,5,7-9,12H2,(H,27,30)(H,28,31,32). The first kappa shape index (κ1) is 23.3. The lowest BCUT2D eigenvalue weighted by Gasteiger charge is -2.29. The average Bonchev–Trinajstić information content (AvgIpc) is 3.07. The lowest BCUT2D eigenvalue weighted by Crippen LogP contribution is -2.52. The molecule has 1 atom stereocenters. The van der Waals surface area contributed by atoms with Crippen LogP contribution >= 0.6 is 0 Å².